The Balaban J connectivity index is 2.64. The van der Waals surface area contributed by atoms with Gasteiger partial charge in [0.15, 0.2) is 0 Å². The highest BCUT2D eigenvalue weighted by molar-refractivity contribution is 7.92. The quantitative estimate of drug-likeness (QED) is 0.946. The second kappa shape index (κ2) is 5.36. The zero-order valence-electron chi connectivity index (χ0n) is 10.8. The number of sulfonamides is 1. The Morgan fingerprint density at radius 3 is 2.38 bits per heavy atom. The van der Waals surface area contributed by atoms with Gasteiger partial charge in [0.1, 0.15) is 0 Å². The summed E-state index contributed by atoms with van der Waals surface area (Å²) in [4.78, 5) is 3.77. The molecule has 0 radical (unpaired) electrons. The zero-order valence-corrected chi connectivity index (χ0v) is 11.7. The van der Waals surface area contributed by atoms with Crippen molar-refractivity contribution >= 4 is 15.7 Å². The Hall–Kier alpha value is -2.09. The number of benzene rings is 1. The number of aromatic nitrogens is 1. The van der Waals surface area contributed by atoms with E-state index in [0.29, 0.717) is 0 Å². The molecule has 1 aromatic carbocycles. The normalized spacial score (nSPS) is 12.2. The van der Waals surface area contributed by atoms with E-state index in [4.69, 9.17) is 0 Å². The van der Waals surface area contributed by atoms with Crippen molar-refractivity contribution in [3.8, 4) is 11.1 Å². The van der Waals surface area contributed by atoms with Crippen molar-refractivity contribution in [2.75, 3.05) is 11.0 Å². The molecule has 2 rings (SSSR count). The van der Waals surface area contributed by atoms with Gasteiger partial charge in [-0.1, -0.05) is 18.2 Å². The third-order valence-corrected chi connectivity index (χ3v) is 3.23. The van der Waals surface area contributed by atoms with Crippen LogP contribution in [0.2, 0.25) is 0 Å². The molecule has 0 aliphatic carbocycles. The lowest BCUT2D eigenvalue weighted by Gasteiger charge is -2.15. The highest BCUT2D eigenvalue weighted by Gasteiger charge is 2.33. The maximum atomic E-state index is 13.0. The predicted octanol–water partition coefficient (Wildman–Crippen LogP) is 3.14. The van der Waals surface area contributed by atoms with Crippen LogP contribution in [0.15, 0.2) is 42.7 Å². The van der Waals surface area contributed by atoms with Crippen LogP contribution in [0.3, 0.4) is 0 Å². The molecule has 0 unspecified atom stereocenters. The second-order valence-corrected chi connectivity index (χ2v) is 6.09. The van der Waals surface area contributed by atoms with Gasteiger partial charge in [0.05, 0.1) is 17.5 Å². The Morgan fingerprint density at radius 2 is 1.76 bits per heavy atom. The lowest BCUT2D eigenvalue weighted by Crippen LogP contribution is -2.12. The van der Waals surface area contributed by atoms with Crippen LogP contribution in [0.1, 0.15) is 5.56 Å². The van der Waals surface area contributed by atoms with Crippen molar-refractivity contribution in [1.29, 1.82) is 0 Å². The van der Waals surface area contributed by atoms with Crippen LogP contribution in [0.25, 0.3) is 11.1 Å². The van der Waals surface area contributed by atoms with Gasteiger partial charge in [-0.05, 0) is 17.7 Å². The Bertz CT molecular complexity index is 758. The third kappa shape index (κ3) is 3.72. The molecule has 0 aliphatic heterocycles. The van der Waals surface area contributed by atoms with Crippen molar-refractivity contribution in [2.24, 2.45) is 0 Å². The maximum Gasteiger partial charge on any atom is 0.417 e. The van der Waals surface area contributed by atoms with Crippen LogP contribution < -0.4 is 4.72 Å². The lowest BCUT2D eigenvalue weighted by molar-refractivity contribution is -0.137. The van der Waals surface area contributed by atoms with Crippen molar-refractivity contribution in [2.45, 2.75) is 6.18 Å². The van der Waals surface area contributed by atoms with Gasteiger partial charge in [0, 0.05) is 18.0 Å². The van der Waals surface area contributed by atoms with Gasteiger partial charge in [-0.15, -0.1) is 0 Å². The van der Waals surface area contributed by atoms with Gasteiger partial charge in [-0.2, -0.15) is 13.2 Å². The number of halogens is 3. The Morgan fingerprint density at radius 1 is 1.10 bits per heavy atom. The number of anilines is 1. The summed E-state index contributed by atoms with van der Waals surface area (Å²) in [5, 5.41) is 0. The fraction of sp³-hybridized carbons (Fsp3) is 0.154. The van der Waals surface area contributed by atoms with Crippen LogP contribution in [-0.2, 0) is 16.2 Å². The van der Waals surface area contributed by atoms with E-state index in [1.807, 2.05) is 0 Å². The largest absolute Gasteiger partial charge is 0.417 e. The molecule has 1 N–H and O–H groups in total. The van der Waals surface area contributed by atoms with E-state index in [2.05, 4.69) is 9.71 Å². The van der Waals surface area contributed by atoms with Crippen molar-refractivity contribution < 1.29 is 21.6 Å². The summed E-state index contributed by atoms with van der Waals surface area (Å²) >= 11 is 0. The minimum atomic E-state index is -4.55. The number of alkyl halides is 3. The molecule has 21 heavy (non-hydrogen) atoms. The van der Waals surface area contributed by atoms with E-state index in [1.54, 1.807) is 0 Å². The van der Waals surface area contributed by atoms with Crippen LogP contribution in [0, 0.1) is 0 Å². The van der Waals surface area contributed by atoms with Gasteiger partial charge in [0.2, 0.25) is 10.0 Å². The average molecular weight is 316 g/mol. The SMILES string of the molecule is CS(=O)(=O)Nc1ccncc1-c1ccccc1C(F)(F)F. The molecular formula is C13H11F3N2O2S. The number of nitrogens with zero attached hydrogens (tertiary/aromatic N) is 1. The van der Waals surface area contributed by atoms with Crippen molar-refractivity contribution in [1.82, 2.24) is 4.98 Å². The smallest absolute Gasteiger partial charge is 0.283 e. The number of nitrogens with one attached hydrogen (secondary N) is 1. The predicted molar refractivity (Wildman–Crippen MR) is 73.1 cm³/mol. The molecule has 1 aromatic heterocycles. The van der Waals surface area contributed by atoms with E-state index in [-0.39, 0.29) is 16.8 Å². The van der Waals surface area contributed by atoms with Gasteiger partial charge in [-0.25, -0.2) is 8.42 Å². The van der Waals surface area contributed by atoms with Crippen molar-refractivity contribution in [3.05, 3.63) is 48.3 Å². The summed E-state index contributed by atoms with van der Waals surface area (Å²) < 4.78 is 63.9. The first kappa shape index (κ1) is 15.3. The summed E-state index contributed by atoms with van der Waals surface area (Å²) in [6, 6.07) is 6.23. The minimum Gasteiger partial charge on any atom is -0.283 e. The van der Waals surface area contributed by atoms with Crippen LogP contribution in [0.5, 0.6) is 0 Å². The second-order valence-electron chi connectivity index (χ2n) is 4.34. The first-order chi connectivity index (χ1) is 9.68. The summed E-state index contributed by atoms with van der Waals surface area (Å²) in [5.41, 5.74) is -0.876. The number of rotatable bonds is 3. The highest BCUT2D eigenvalue weighted by atomic mass is 32.2. The molecular weight excluding hydrogens is 305 g/mol. The molecule has 0 saturated heterocycles. The van der Waals surface area contributed by atoms with E-state index in [1.165, 1.54) is 36.7 Å². The molecule has 112 valence electrons. The fourth-order valence-electron chi connectivity index (χ4n) is 1.86. The number of hydrogen-bond acceptors (Lipinski definition) is 3. The summed E-state index contributed by atoms with van der Waals surface area (Å²) in [5.74, 6) is 0. The van der Waals surface area contributed by atoms with Crippen LogP contribution in [0.4, 0.5) is 18.9 Å². The van der Waals surface area contributed by atoms with E-state index in [9.17, 15) is 21.6 Å². The summed E-state index contributed by atoms with van der Waals surface area (Å²) in [7, 11) is -3.62. The third-order valence-electron chi connectivity index (χ3n) is 2.64. The first-order valence-corrected chi connectivity index (χ1v) is 7.66. The molecule has 0 amide bonds. The van der Waals surface area contributed by atoms with E-state index in [0.717, 1.165) is 12.3 Å². The van der Waals surface area contributed by atoms with E-state index < -0.39 is 21.8 Å². The Labute approximate surface area is 119 Å². The Kier molecular flexibility index (Phi) is 3.91. The molecule has 0 fully saturated rings. The number of pyridine rings is 1. The molecule has 2 aromatic rings. The maximum absolute atomic E-state index is 13.0. The monoisotopic (exact) mass is 316 g/mol. The zero-order chi connectivity index (χ0) is 15.7. The van der Waals surface area contributed by atoms with Gasteiger partial charge in [-0.3, -0.25) is 9.71 Å². The topological polar surface area (TPSA) is 59.1 Å². The van der Waals surface area contributed by atoms with E-state index >= 15 is 0 Å². The molecule has 1 heterocycles. The van der Waals surface area contributed by atoms with Crippen LogP contribution in [-0.4, -0.2) is 19.7 Å². The average Bonchev–Trinajstić information content (AvgIpc) is 2.36. The molecule has 0 atom stereocenters. The van der Waals surface area contributed by atoms with Gasteiger partial charge in [0.25, 0.3) is 0 Å². The highest BCUT2D eigenvalue weighted by Crippen LogP contribution is 2.39. The molecule has 0 bridgehead atoms. The van der Waals surface area contributed by atoms with Crippen LogP contribution >= 0.6 is 0 Å². The summed E-state index contributed by atoms with van der Waals surface area (Å²) in [6.07, 6.45) is -1.13. The van der Waals surface area contributed by atoms with Crippen molar-refractivity contribution in [3.63, 3.8) is 0 Å². The molecule has 0 saturated carbocycles. The van der Waals surface area contributed by atoms with Gasteiger partial charge >= 0.3 is 6.18 Å². The molecule has 8 heteroatoms. The fourth-order valence-corrected chi connectivity index (χ4v) is 2.44. The molecule has 0 spiro atoms. The molecule has 0 aliphatic rings. The lowest BCUT2D eigenvalue weighted by atomic mass is 9.99. The minimum absolute atomic E-state index is 0.0456. The van der Waals surface area contributed by atoms with Gasteiger partial charge < -0.3 is 0 Å². The summed E-state index contributed by atoms with van der Waals surface area (Å²) in [6.45, 7) is 0. The number of hydrogen-bond donors (Lipinski definition) is 1. The first-order valence-electron chi connectivity index (χ1n) is 5.77. The molecule has 4 nitrogen and oxygen atoms in total. The standard InChI is InChI=1S/C13H11F3N2O2S/c1-21(19,20)18-12-6-7-17-8-10(12)9-4-2-3-5-11(9)13(14,15)16/h2-8H,1H3,(H,17,18).